The van der Waals surface area contributed by atoms with Crippen molar-refractivity contribution in [2.75, 3.05) is 69.1 Å². The van der Waals surface area contributed by atoms with Crippen molar-refractivity contribution in [3.63, 3.8) is 0 Å². The number of fused-ring (bicyclic) bond motifs is 3. The summed E-state index contributed by atoms with van der Waals surface area (Å²) >= 11 is 0. The molecule has 46 heavy (non-hydrogen) atoms. The minimum Gasteiger partial charge on any atom is -0.508 e. The second-order valence-corrected chi connectivity index (χ2v) is 13.1. The molecule has 0 unspecified atom stereocenters. The Balaban J connectivity index is 1.28. The molecular formula is C34H42FN9O2. The second-order valence-electron chi connectivity index (χ2n) is 13.1. The highest BCUT2D eigenvalue weighted by atomic mass is 19.1. The Morgan fingerprint density at radius 1 is 1.00 bits per heavy atom. The Kier molecular flexibility index (Phi) is 7.70. The van der Waals surface area contributed by atoms with E-state index in [0.29, 0.717) is 49.8 Å². The van der Waals surface area contributed by atoms with Crippen molar-refractivity contribution in [3.05, 3.63) is 64.4 Å². The number of phenols is 1. The van der Waals surface area contributed by atoms with E-state index in [0.717, 1.165) is 77.8 Å². The Morgan fingerprint density at radius 2 is 1.80 bits per heavy atom. The second kappa shape index (κ2) is 11.7. The first-order valence-corrected chi connectivity index (χ1v) is 16.1. The highest BCUT2D eigenvalue weighted by Gasteiger charge is 2.34. The number of aryl methyl sites for hydroxylation is 2. The maximum atomic E-state index is 15.0. The van der Waals surface area contributed by atoms with Gasteiger partial charge < -0.3 is 29.6 Å². The van der Waals surface area contributed by atoms with Crippen LogP contribution in [0.4, 0.5) is 21.8 Å². The van der Waals surface area contributed by atoms with Crippen molar-refractivity contribution in [2.24, 2.45) is 0 Å². The maximum Gasteiger partial charge on any atom is 0.273 e. The Labute approximate surface area is 268 Å². The standard InChI is InChI=1S/C34H42FN9O2/c1-6-25-27(35)9-8-21-14-24(45)16-30(31(21)25)41-13-10-26-29(20-41)36-34(43-18-23(19-43)39(2)3)37-32(26)42-11-7-12-44-22(17-42)15-28(38-44)33(46)40(4)5/h8-9,14-16,23,45H,6-7,10-13,17-20H2,1-5H3. The fourth-order valence-electron chi connectivity index (χ4n) is 7.00. The lowest BCUT2D eigenvalue weighted by molar-refractivity contribution is 0.0821. The van der Waals surface area contributed by atoms with E-state index in [4.69, 9.17) is 9.97 Å². The van der Waals surface area contributed by atoms with Crippen LogP contribution in [0.2, 0.25) is 0 Å². The normalized spacial score (nSPS) is 16.8. The van der Waals surface area contributed by atoms with Gasteiger partial charge in [-0.2, -0.15) is 10.1 Å². The number of aromatic hydroxyl groups is 1. The van der Waals surface area contributed by atoms with Gasteiger partial charge in [0, 0.05) is 75.6 Å². The van der Waals surface area contributed by atoms with Gasteiger partial charge in [-0.1, -0.05) is 13.0 Å². The molecular weight excluding hydrogens is 585 g/mol. The number of benzene rings is 2. The van der Waals surface area contributed by atoms with E-state index in [1.807, 2.05) is 17.7 Å². The first-order chi connectivity index (χ1) is 22.1. The molecule has 2 aromatic carbocycles. The Bertz CT molecular complexity index is 1810. The molecule has 1 N–H and O–H groups in total. The summed E-state index contributed by atoms with van der Waals surface area (Å²) in [7, 11) is 7.68. The zero-order valence-corrected chi connectivity index (χ0v) is 27.3. The molecule has 0 aliphatic carbocycles. The van der Waals surface area contributed by atoms with Gasteiger partial charge in [-0.25, -0.2) is 9.37 Å². The molecule has 2 aromatic heterocycles. The SMILES string of the molecule is CCc1c(F)ccc2cc(O)cc(N3CCc4c(nc(N5CC(N(C)C)C5)nc4N4CCCn5nc(C(=O)N(C)C)cc5C4)C3)c12. The summed E-state index contributed by atoms with van der Waals surface area (Å²) in [5.41, 5.74) is 5.00. The molecule has 0 saturated carbocycles. The third kappa shape index (κ3) is 5.28. The number of anilines is 3. The molecule has 3 aliphatic heterocycles. The number of nitrogens with zero attached hydrogens (tertiary/aromatic N) is 9. The number of amides is 1. The number of halogens is 1. The molecule has 1 amide bonds. The van der Waals surface area contributed by atoms with E-state index in [9.17, 15) is 9.90 Å². The van der Waals surface area contributed by atoms with Gasteiger partial charge >= 0.3 is 0 Å². The summed E-state index contributed by atoms with van der Waals surface area (Å²) in [5, 5.41) is 17.0. The van der Waals surface area contributed by atoms with Gasteiger partial charge in [-0.3, -0.25) is 9.48 Å². The smallest absolute Gasteiger partial charge is 0.273 e. The minimum absolute atomic E-state index is 0.104. The van der Waals surface area contributed by atoms with E-state index in [2.05, 4.69) is 38.8 Å². The topological polar surface area (TPSA) is 97.1 Å². The monoisotopic (exact) mass is 627 g/mol. The molecule has 1 fully saturated rings. The van der Waals surface area contributed by atoms with Crippen molar-refractivity contribution in [1.29, 1.82) is 0 Å². The molecule has 1 saturated heterocycles. The van der Waals surface area contributed by atoms with E-state index in [1.165, 1.54) is 6.07 Å². The van der Waals surface area contributed by atoms with Crippen LogP contribution in [0, 0.1) is 5.82 Å². The number of carbonyl (C=O) groups is 1. The quantitative estimate of drug-likeness (QED) is 0.344. The number of phenolic OH excluding ortho intramolecular Hbond substituents is 1. The van der Waals surface area contributed by atoms with Crippen molar-refractivity contribution < 1.29 is 14.3 Å². The van der Waals surface area contributed by atoms with E-state index < -0.39 is 0 Å². The van der Waals surface area contributed by atoms with Gasteiger partial charge in [0.2, 0.25) is 5.95 Å². The highest BCUT2D eigenvalue weighted by molar-refractivity contribution is 5.98. The molecule has 12 heteroatoms. The van der Waals surface area contributed by atoms with Gasteiger partial charge in [-0.15, -0.1) is 0 Å². The maximum absolute atomic E-state index is 15.0. The first kappa shape index (κ1) is 30.2. The van der Waals surface area contributed by atoms with Crippen molar-refractivity contribution in [3.8, 4) is 5.75 Å². The van der Waals surface area contributed by atoms with Crippen LogP contribution in [-0.2, 0) is 32.5 Å². The number of hydrogen-bond acceptors (Lipinski definition) is 9. The summed E-state index contributed by atoms with van der Waals surface area (Å²) in [6.07, 6.45) is 2.13. The van der Waals surface area contributed by atoms with Crippen LogP contribution in [0.3, 0.4) is 0 Å². The van der Waals surface area contributed by atoms with Crippen molar-refractivity contribution in [2.45, 2.75) is 51.9 Å². The van der Waals surface area contributed by atoms with Crippen molar-refractivity contribution in [1.82, 2.24) is 29.5 Å². The van der Waals surface area contributed by atoms with E-state index >= 15 is 4.39 Å². The van der Waals surface area contributed by atoms with Gasteiger partial charge in [0.15, 0.2) is 5.69 Å². The fraction of sp³-hybridized carbons (Fsp3) is 0.471. The summed E-state index contributed by atoms with van der Waals surface area (Å²) in [6, 6.07) is 9.05. The molecule has 0 spiro atoms. The molecule has 0 atom stereocenters. The third-order valence-electron chi connectivity index (χ3n) is 9.67. The molecule has 7 rings (SSSR count). The zero-order chi connectivity index (χ0) is 32.3. The number of carbonyl (C=O) groups excluding carboxylic acids is 1. The van der Waals surface area contributed by atoms with Crippen LogP contribution in [0.1, 0.15) is 46.3 Å². The molecule has 0 bridgehead atoms. The lowest BCUT2D eigenvalue weighted by Gasteiger charge is -2.43. The van der Waals surface area contributed by atoms with Crippen LogP contribution < -0.4 is 14.7 Å². The number of aromatic nitrogens is 4. The number of hydrogen-bond donors (Lipinski definition) is 1. The van der Waals surface area contributed by atoms with Gasteiger partial charge in [-0.05, 0) is 62.5 Å². The van der Waals surface area contributed by atoms with Gasteiger partial charge in [0.25, 0.3) is 5.91 Å². The lowest BCUT2D eigenvalue weighted by Crippen LogP contribution is -2.58. The van der Waals surface area contributed by atoms with Crippen LogP contribution in [0.15, 0.2) is 30.3 Å². The summed E-state index contributed by atoms with van der Waals surface area (Å²) in [6.45, 7) is 7.02. The van der Waals surface area contributed by atoms with E-state index in [-0.39, 0.29) is 17.5 Å². The summed E-state index contributed by atoms with van der Waals surface area (Å²) < 4.78 is 17.0. The zero-order valence-electron chi connectivity index (χ0n) is 27.3. The molecule has 5 heterocycles. The van der Waals surface area contributed by atoms with Crippen LogP contribution in [-0.4, -0.2) is 101 Å². The average Bonchev–Trinajstić information content (AvgIpc) is 3.29. The number of likely N-dealkylation sites (N-methyl/N-ethyl adjacent to an activating group) is 1. The number of rotatable bonds is 6. The Hall–Kier alpha value is -4.45. The fourth-order valence-corrected chi connectivity index (χ4v) is 7.00. The Morgan fingerprint density at radius 3 is 2.54 bits per heavy atom. The highest BCUT2D eigenvalue weighted by Crippen LogP contribution is 2.39. The van der Waals surface area contributed by atoms with Crippen LogP contribution in [0.5, 0.6) is 5.75 Å². The van der Waals surface area contributed by atoms with Crippen LogP contribution in [0.25, 0.3) is 10.8 Å². The average molecular weight is 628 g/mol. The van der Waals surface area contributed by atoms with Crippen molar-refractivity contribution >= 4 is 34.1 Å². The van der Waals surface area contributed by atoms with Gasteiger partial charge in [0.1, 0.15) is 17.4 Å². The lowest BCUT2D eigenvalue weighted by atomic mass is 9.97. The molecule has 3 aliphatic rings. The predicted molar refractivity (Wildman–Crippen MR) is 177 cm³/mol. The summed E-state index contributed by atoms with van der Waals surface area (Å²) in [5.74, 6) is 1.48. The minimum atomic E-state index is -0.227. The largest absolute Gasteiger partial charge is 0.508 e. The first-order valence-electron chi connectivity index (χ1n) is 16.1. The van der Waals surface area contributed by atoms with Crippen LogP contribution >= 0.6 is 0 Å². The predicted octanol–water partition coefficient (Wildman–Crippen LogP) is 3.66. The molecule has 11 nitrogen and oxygen atoms in total. The molecule has 242 valence electrons. The molecule has 4 aromatic rings. The third-order valence-corrected chi connectivity index (χ3v) is 9.67. The molecule has 0 radical (unpaired) electrons. The van der Waals surface area contributed by atoms with Gasteiger partial charge in [0.05, 0.1) is 24.5 Å². The van der Waals surface area contributed by atoms with E-state index in [1.54, 1.807) is 37.2 Å². The summed E-state index contributed by atoms with van der Waals surface area (Å²) in [4.78, 5) is 33.6.